The van der Waals surface area contributed by atoms with Gasteiger partial charge < -0.3 is 17.1 Å². The number of methoxy groups -OCH3 is 1. The van der Waals surface area contributed by atoms with Gasteiger partial charge in [0.1, 0.15) is 12.5 Å². The van der Waals surface area contributed by atoms with E-state index in [1.54, 1.807) is 7.11 Å². The summed E-state index contributed by atoms with van der Waals surface area (Å²) in [5.41, 5.74) is 0.987. The minimum Gasteiger partial charge on any atom is -1.00 e. The summed E-state index contributed by atoms with van der Waals surface area (Å²) in [7, 11) is 1.65. The maximum Gasteiger partial charge on any atom is 0.203 e. The average molecular weight is 172 g/mol. The minimum absolute atomic E-state index is 0. The number of rotatable bonds is 2. The second-order valence-corrected chi connectivity index (χ2v) is 1.91. The number of hydrogen-bond acceptors (Lipinski definition) is 1. The van der Waals surface area contributed by atoms with E-state index >= 15 is 0 Å². The SMILES string of the molecule is C=[NH+]c1ccc(OC)cc1.[Cl-]. The van der Waals surface area contributed by atoms with E-state index in [9.17, 15) is 0 Å². The molecular formula is C8H10ClNO. The molecule has 1 aromatic carbocycles. The molecule has 3 heteroatoms. The zero-order valence-electron chi connectivity index (χ0n) is 6.30. The molecule has 1 rings (SSSR count). The van der Waals surface area contributed by atoms with Gasteiger partial charge in [-0.2, -0.15) is 0 Å². The molecule has 1 aromatic rings. The van der Waals surface area contributed by atoms with E-state index in [4.69, 9.17) is 4.74 Å². The van der Waals surface area contributed by atoms with Crippen LogP contribution in [0.1, 0.15) is 0 Å². The van der Waals surface area contributed by atoms with Gasteiger partial charge in [0.05, 0.1) is 7.11 Å². The van der Waals surface area contributed by atoms with E-state index < -0.39 is 0 Å². The Morgan fingerprint density at radius 1 is 1.27 bits per heavy atom. The molecule has 0 saturated heterocycles. The van der Waals surface area contributed by atoms with Crippen LogP contribution in [0.3, 0.4) is 0 Å². The molecule has 0 aromatic heterocycles. The fraction of sp³-hybridized carbons (Fsp3) is 0.125. The molecule has 0 heterocycles. The Bertz CT molecular complexity index is 220. The lowest BCUT2D eigenvalue weighted by Crippen LogP contribution is -3.00. The predicted molar refractivity (Wildman–Crippen MR) is 40.7 cm³/mol. The molecule has 0 bridgehead atoms. The number of ether oxygens (including phenoxy) is 1. The highest BCUT2D eigenvalue weighted by molar-refractivity contribution is 5.36. The Morgan fingerprint density at radius 3 is 2.18 bits per heavy atom. The van der Waals surface area contributed by atoms with E-state index in [1.165, 1.54) is 0 Å². The van der Waals surface area contributed by atoms with Crippen LogP contribution in [0.25, 0.3) is 0 Å². The third-order valence-electron chi connectivity index (χ3n) is 1.29. The van der Waals surface area contributed by atoms with Crippen LogP contribution in [0.5, 0.6) is 5.75 Å². The lowest BCUT2D eigenvalue weighted by molar-refractivity contribution is -0.342. The first kappa shape index (κ1) is 9.98. The molecule has 1 N–H and O–H groups in total. The summed E-state index contributed by atoms with van der Waals surface area (Å²) < 4.78 is 4.97. The van der Waals surface area contributed by atoms with Crippen LogP contribution < -0.4 is 22.1 Å². The van der Waals surface area contributed by atoms with Gasteiger partial charge in [-0.15, -0.1) is 0 Å². The third-order valence-corrected chi connectivity index (χ3v) is 1.29. The van der Waals surface area contributed by atoms with E-state index in [0.717, 1.165) is 11.4 Å². The van der Waals surface area contributed by atoms with Gasteiger partial charge in [0.2, 0.25) is 5.69 Å². The number of hydrogen-bond donors (Lipinski definition) is 1. The summed E-state index contributed by atoms with van der Waals surface area (Å²) in [4.78, 5) is 2.77. The van der Waals surface area contributed by atoms with Crippen molar-refractivity contribution < 1.29 is 22.1 Å². The summed E-state index contributed by atoms with van der Waals surface area (Å²) in [6.07, 6.45) is 0. The molecule has 0 amide bonds. The van der Waals surface area contributed by atoms with E-state index in [1.807, 2.05) is 24.3 Å². The third kappa shape index (κ3) is 2.60. The number of benzene rings is 1. The Balaban J connectivity index is 0.000001000. The Labute approximate surface area is 72.3 Å². The molecule has 11 heavy (non-hydrogen) atoms. The Morgan fingerprint density at radius 2 is 1.82 bits per heavy atom. The second-order valence-electron chi connectivity index (χ2n) is 1.91. The summed E-state index contributed by atoms with van der Waals surface area (Å²) in [6, 6.07) is 7.58. The zero-order valence-corrected chi connectivity index (χ0v) is 7.06. The topological polar surface area (TPSA) is 23.2 Å². The van der Waals surface area contributed by atoms with Crippen molar-refractivity contribution in [2.75, 3.05) is 7.11 Å². The quantitative estimate of drug-likeness (QED) is 0.475. The highest BCUT2D eigenvalue weighted by atomic mass is 35.5. The summed E-state index contributed by atoms with van der Waals surface area (Å²) in [5.74, 6) is 0.860. The highest BCUT2D eigenvalue weighted by Gasteiger charge is 1.92. The standard InChI is InChI=1S/C8H9NO.ClH/c1-9-7-3-5-8(10-2)6-4-7;/h3-6H,1H2,2H3;1H. The van der Waals surface area contributed by atoms with Gasteiger partial charge in [-0.25, -0.2) is 4.99 Å². The van der Waals surface area contributed by atoms with E-state index in [2.05, 4.69) is 11.7 Å². The van der Waals surface area contributed by atoms with Gasteiger partial charge in [-0.05, 0) is 12.1 Å². The van der Waals surface area contributed by atoms with Crippen LogP contribution in [0, 0.1) is 0 Å². The average Bonchev–Trinajstić information content (AvgIpc) is 2.05. The molecule has 0 atom stereocenters. The molecule has 0 aliphatic rings. The Hall–Kier alpha value is -1.02. The van der Waals surface area contributed by atoms with Crippen LogP contribution >= 0.6 is 0 Å². The first-order valence-electron chi connectivity index (χ1n) is 3.04. The lowest BCUT2D eigenvalue weighted by Gasteiger charge is -1.95. The van der Waals surface area contributed by atoms with Crippen LogP contribution in [0.15, 0.2) is 24.3 Å². The maximum atomic E-state index is 4.97. The van der Waals surface area contributed by atoms with Crippen molar-refractivity contribution in [3.8, 4) is 5.75 Å². The highest BCUT2D eigenvalue weighted by Crippen LogP contribution is 2.10. The van der Waals surface area contributed by atoms with Crippen LogP contribution in [0.4, 0.5) is 5.69 Å². The van der Waals surface area contributed by atoms with Gasteiger partial charge >= 0.3 is 0 Å². The van der Waals surface area contributed by atoms with Gasteiger partial charge in [0, 0.05) is 12.1 Å². The second kappa shape index (κ2) is 4.74. The number of halogens is 1. The molecule has 0 aliphatic carbocycles. The fourth-order valence-electron chi connectivity index (χ4n) is 0.709. The smallest absolute Gasteiger partial charge is 0.203 e. The van der Waals surface area contributed by atoms with Gasteiger partial charge in [-0.1, -0.05) is 0 Å². The zero-order chi connectivity index (χ0) is 7.40. The molecule has 0 fully saturated rings. The summed E-state index contributed by atoms with van der Waals surface area (Å²) in [5, 5.41) is 0. The van der Waals surface area contributed by atoms with Gasteiger partial charge in [0.25, 0.3) is 0 Å². The van der Waals surface area contributed by atoms with Gasteiger partial charge in [0.15, 0.2) is 0 Å². The molecule has 2 nitrogen and oxygen atoms in total. The normalized spacial score (nSPS) is 8.09. The van der Waals surface area contributed by atoms with Crippen molar-refractivity contribution in [3.05, 3.63) is 24.3 Å². The fourth-order valence-corrected chi connectivity index (χ4v) is 0.709. The molecular weight excluding hydrogens is 162 g/mol. The van der Waals surface area contributed by atoms with Crippen molar-refractivity contribution in [1.82, 2.24) is 0 Å². The molecule has 0 unspecified atom stereocenters. The van der Waals surface area contributed by atoms with Crippen LogP contribution in [-0.2, 0) is 0 Å². The first-order chi connectivity index (χ1) is 4.86. The first-order valence-corrected chi connectivity index (χ1v) is 3.04. The molecule has 0 saturated carbocycles. The van der Waals surface area contributed by atoms with E-state index in [0.29, 0.717) is 0 Å². The maximum absolute atomic E-state index is 4.97. The molecule has 0 radical (unpaired) electrons. The minimum atomic E-state index is 0. The van der Waals surface area contributed by atoms with Crippen molar-refractivity contribution in [3.63, 3.8) is 0 Å². The summed E-state index contributed by atoms with van der Waals surface area (Å²) >= 11 is 0. The van der Waals surface area contributed by atoms with Crippen LogP contribution in [0.2, 0.25) is 0 Å². The van der Waals surface area contributed by atoms with Crippen molar-refractivity contribution in [2.24, 2.45) is 0 Å². The summed E-state index contributed by atoms with van der Waals surface area (Å²) in [6.45, 7) is 3.52. The predicted octanol–water partition coefficient (Wildman–Crippen LogP) is -2.89. The Kier molecular flexibility index (Phi) is 4.30. The monoisotopic (exact) mass is 171 g/mol. The molecule has 0 aliphatic heterocycles. The molecule has 60 valence electrons. The van der Waals surface area contributed by atoms with Gasteiger partial charge in [-0.3, -0.25) is 0 Å². The number of nitrogens with one attached hydrogen (secondary N) is 1. The van der Waals surface area contributed by atoms with Crippen molar-refractivity contribution in [2.45, 2.75) is 0 Å². The largest absolute Gasteiger partial charge is 1.00 e. The van der Waals surface area contributed by atoms with Crippen LogP contribution in [-0.4, -0.2) is 13.8 Å². The lowest BCUT2D eigenvalue weighted by atomic mass is 10.3. The van der Waals surface area contributed by atoms with Crippen molar-refractivity contribution >= 4 is 12.4 Å². The van der Waals surface area contributed by atoms with Crippen molar-refractivity contribution in [1.29, 1.82) is 0 Å². The molecule has 0 spiro atoms. The van der Waals surface area contributed by atoms with E-state index in [-0.39, 0.29) is 12.4 Å².